The van der Waals surface area contributed by atoms with Gasteiger partial charge in [0.25, 0.3) is 0 Å². The molecule has 0 aromatic heterocycles. The summed E-state index contributed by atoms with van der Waals surface area (Å²) in [5.74, 6) is 0.957. The van der Waals surface area contributed by atoms with Crippen molar-refractivity contribution in [2.45, 2.75) is 27.3 Å². The number of hydrogen-bond donors (Lipinski definition) is 1. The van der Waals surface area contributed by atoms with Gasteiger partial charge in [0.15, 0.2) is 0 Å². The molecule has 102 valence electrons. The lowest BCUT2D eigenvalue weighted by atomic mass is 9.93. The molecule has 18 heavy (non-hydrogen) atoms. The van der Waals surface area contributed by atoms with E-state index in [0.717, 1.165) is 18.8 Å². The van der Waals surface area contributed by atoms with Crippen molar-refractivity contribution in [1.82, 2.24) is 4.90 Å². The molecule has 1 rings (SSSR count). The molecule has 0 saturated heterocycles. The summed E-state index contributed by atoms with van der Waals surface area (Å²) in [5, 5.41) is 0. The molecule has 0 fully saturated rings. The molecule has 0 aliphatic heterocycles. The molecule has 0 aliphatic carbocycles. The monoisotopic (exact) mass is 250 g/mol. The van der Waals surface area contributed by atoms with Crippen molar-refractivity contribution < 1.29 is 4.74 Å². The van der Waals surface area contributed by atoms with Crippen molar-refractivity contribution in [3.8, 4) is 5.75 Å². The number of hydrogen-bond acceptors (Lipinski definition) is 3. The quantitative estimate of drug-likeness (QED) is 0.842. The van der Waals surface area contributed by atoms with Gasteiger partial charge in [0.2, 0.25) is 0 Å². The van der Waals surface area contributed by atoms with Crippen LogP contribution in [0.1, 0.15) is 25.0 Å². The summed E-state index contributed by atoms with van der Waals surface area (Å²) in [6, 6.07) is 6.38. The third-order valence-corrected chi connectivity index (χ3v) is 3.18. The predicted molar refractivity (Wildman–Crippen MR) is 76.9 cm³/mol. The van der Waals surface area contributed by atoms with Gasteiger partial charge in [-0.25, -0.2) is 0 Å². The second kappa shape index (κ2) is 6.21. The molecule has 0 bridgehead atoms. The van der Waals surface area contributed by atoms with E-state index >= 15 is 0 Å². The molecule has 0 radical (unpaired) electrons. The Morgan fingerprint density at radius 2 is 2.00 bits per heavy atom. The van der Waals surface area contributed by atoms with E-state index in [9.17, 15) is 0 Å². The lowest BCUT2D eigenvalue weighted by molar-refractivity contribution is 0.209. The zero-order valence-corrected chi connectivity index (χ0v) is 12.3. The summed E-state index contributed by atoms with van der Waals surface area (Å²) in [4.78, 5) is 2.30. The molecule has 2 N–H and O–H groups in total. The SMILES string of the molecule is COc1cc(CN(C)CC(C)(C)CN)ccc1C. The second-order valence-corrected chi connectivity index (χ2v) is 5.84. The van der Waals surface area contributed by atoms with Crippen LogP contribution in [0, 0.1) is 12.3 Å². The van der Waals surface area contributed by atoms with E-state index in [2.05, 4.69) is 50.9 Å². The normalized spacial score (nSPS) is 11.9. The fourth-order valence-corrected chi connectivity index (χ4v) is 2.13. The highest BCUT2D eigenvalue weighted by Crippen LogP contribution is 2.21. The summed E-state index contributed by atoms with van der Waals surface area (Å²) >= 11 is 0. The van der Waals surface area contributed by atoms with Gasteiger partial charge in [-0.15, -0.1) is 0 Å². The van der Waals surface area contributed by atoms with Crippen molar-refractivity contribution in [3.63, 3.8) is 0 Å². The van der Waals surface area contributed by atoms with Gasteiger partial charge in [-0.3, -0.25) is 0 Å². The second-order valence-electron chi connectivity index (χ2n) is 5.84. The summed E-state index contributed by atoms with van der Waals surface area (Å²) in [7, 11) is 3.84. The van der Waals surface area contributed by atoms with E-state index in [4.69, 9.17) is 10.5 Å². The molecule has 0 unspecified atom stereocenters. The fraction of sp³-hybridized carbons (Fsp3) is 0.600. The van der Waals surface area contributed by atoms with Crippen LogP contribution in [0.25, 0.3) is 0 Å². The average Bonchev–Trinajstić information content (AvgIpc) is 2.31. The zero-order valence-electron chi connectivity index (χ0n) is 12.3. The first kappa shape index (κ1) is 15.0. The highest BCUT2D eigenvalue weighted by atomic mass is 16.5. The number of rotatable bonds is 6. The molecular formula is C15H26N2O. The van der Waals surface area contributed by atoms with Crippen LogP contribution in [-0.2, 0) is 6.54 Å². The first-order valence-corrected chi connectivity index (χ1v) is 6.40. The molecule has 3 heteroatoms. The van der Waals surface area contributed by atoms with Gasteiger partial charge in [0.1, 0.15) is 5.75 Å². The molecular weight excluding hydrogens is 224 g/mol. The first-order valence-electron chi connectivity index (χ1n) is 6.40. The maximum absolute atomic E-state index is 5.77. The Balaban J connectivity index is 2.67. The molecule has 0 aliphatic rings. The van der Waals surface area contributed by atoms with Gasteiger partial charge in [-0.05, 0) is 43.1 Å². The number of nitrogens with zero attached hydrogens (tertiary/aromatic N) is 1. The third kappa shape index (κ3) is 4.31. The highest BCUT2D eigenvalue weighted by molar-refractivity contribution is 5.36. The Hall–Kier alpha value is -1.06. The van der Waals surface area contributed by atoms with Gasteiger partial charge >= 0.3 is 0 Å². The Morgan fingerprint density at radius 3 is 2.56 bits per heavy atom. The fourth-order valence-electron chi connectivity index (χ4n) is 2.13. The Bertz CT molecular complexity index is 388. The number of aryl methyl sites for hydroxylation is 1. The lowest BCUT2D eigenvalue weighted by Crippen LogP contribution is -2.36. The van der Waals surface area contributed by atoms with Gasteiger partial charge < -0.3 is 15.4 Å². The third-order valence-electron chi connectivity index (χ3n) is 3.18. The summed E-state index contributed by atoms with van der Waals surface area (Å²) in [5.41, 5.74) is 8.37. The minimum absolute atomic E-state index is 0.156. The van der Waals surface area contributed by atoms with E-state index in [0.29, 0.717) is 6.54 Å². The summed E-state index contributed by atoms with van der Waals surface area (Å²) in [6.45, 7) is 9.05. The van der Waals surface area contributed by atoms with Crippen LogP contribution < -0.4 is 10.5 Å². The number of ether oxygens (including phenoxy) is 1. The highest BCUT2D eigenvalue weighted by Gasteiger charge is 2.18. The van der Waals surface area contributed by atoms with Gasteiger partial charge in [-0.2, -0.15) is 0 Å². The van der Waals surface area contributed by atoms with Crippen LogP contribution in [0.2, 0.25) is 0 Å². The summed E-state index contributed by atoms with van der Waals surface area (Å²) < 4.78 is 5.35. The van der Waals surface area contributed by atoms with Crippen molar-refractivity contribution in [1.29, 1.82) is 0 Å². The van der Waals surface area contributed by atoms with Crippen molar-refractivity contribution in [2.75, 3.05) is 27.2 Å². The van der Waals surface area contributed by atoms with Crippen LogP contribution >= 0.6 is 0 Å². The largest absolute Gasteiger partial charge is 0.496 e. The Morgan fingerprint density at radius 1 is 1.33 bits per heavy atom. The molecule has 0 amide bonds. The van der Waals surface area contributed by atoms with E-state index in [1.54, 1.807) is 7.11 Å². The number of benzene rings is 1. The lowest BCUT2D eigenvalue weighted by Gasteiger charge is -2.29. The molecule has 0 heterocycles. The molecule has 0 saturated carbocycles. The predicted octanol–water partition coefficient (Wildman–Crippen LogP) is 2.42. The number of nitrogens with two attached hydrogens (primary N) is 1. The Labute approximate surface area is 111 Å². The first-order chi connectivity index (χ1) is 8.38. The molecule has 0 atom stereocenters. The molecule has 1 aromatic carbocycles. The van der Waals surface area contributed by atoms with Crippen LogP contribution in [0.3, 0.4) is 0 Å². The maximum atomic E-state index is 5.77. The van der Waals surface area contributed by atoms with Crippen molar-refractivity contribution in [3.05, 3.63) is 29.3 Å². The van der Waals surface area contributed by atoms with Crippen LogP contribution in [0.15, 0.2) is 18.2 Å². The molecule has 3 nitrogen and oxygen atoms in total. The smallest absolute Gasteiger partial charge is 0.122 e. The van der Waals surface area contributed by atoms with Gasteiger partial charge in [0.05, 0.1) is 7.11 Å². The van der Waals surface area contributed by atoms with Gasteiger partial charge in [0, 0.05) is 13.1 Å². The van der Waals surface area contributed by atoms with E-state index in [1.807, 2.05) is 0 Å². The zero-order chi connectivity index (χ0) is 13.8. The molecule has 0 spiro atoms. The van der Waals surface area contributed by atoms with Crippen molar-refractivity contribution in [2.24, 2.45) is 11.1 Å². The average molecular weight is 250 g/mol. The van der Waals surface area contributed by atoms with Crippen LogP contribution in [-0.4, -0.2) is 32.1 Å². The number of methoxy groups -OCH3 is 1. The van der Waals surface area contributed by atoms with Crippen LogP contribution in [0.4, 0.5) is 0 Å². The van der Waals surface area contributed by atoms with Crippen molar-refractivity contribution >= 4 is 0 Å². The van der Waals surface area contributed by atoms with Crippen LogP contribution in [0.5, 0.6) is 5.75 Å². The van der Waals surface area contributed by atoms with E-state index < -0.39 is 0 Å². The minimum Gasteiger partial charge on any atom is -0.496 e. The Kier molecular flexibility index (Phi) is 5.17. The van der Waals surface area contributed by atoms with Gasteiger partial charge in [-0.1, -0.05) is 26.0 Å². The molecule has 1 aromatic rings. The minimum atomic E-state index is 0.156. The topological polar surface area (TPSA) is 38.5 Å². The van der Waals surface area contributed by atoms with E-state index in [1.165, 1.54) is 11.1 Å². The standard InChI is InChI=1S/C15H26N2O/c1-12-6-7-13(8-14(12)18-5)9-17(4)11-15(2,3)10-16/h6-8H,9-11,16H2,1-5H3. The van der Waals surface area contributed by atoms with E-state index in [-0.39, 0.29) is 5.41 Å². The maximum Gasteiger partial charge on any atom is 0.122 e. The summed E-state index contributed by atoms with van der Waals surface area (Å²) in [6.07, 6.45) is 0.